The van der Waals surface area contributed by atoms with Gasteiger partial charge in [0.25, 0.3) is 0 Å². The van der Waals surface area contributed by atoms with E-state index in [1.165, 1.54) is 4.31 Å². The van der Waals surface area contributed by atoms with E-state index < -0.39 is 10.0 Å². The lowest BCUT2D eigenvalue weighted by molar-refractivity contribution is 0.181. The minimum atomic E-state index is -3.57. The lowest BCUT2D eigenvalue weighted by Crippen LogP contribution is -2.48. The molecule has 0 aromatic heterocycles. The highest BCUT2D eigenvalue weighted by Gasteiger charge is 2.31. The molecule has 0 bridgehead atoms. The van der Waals surface area contributed by atoms with Crippen molar-refractivity contribution in [3.05, 3.63) is 48.0 Å². The first-order valence-electron chi connectivity index (χ1n) is 8.32. The van der Waals surface area contributed by atoms with E-state index in [-0.39, 0.29) is 4.90 Å². The lowest BCUT2D eigenvalue weighted by atomic mass is 10.2. The van der Waals surface area contributed by atoms with Gasteiger partial charge in [-0.25, -0.2) is 8.42 Å². The quantitative estimate of drug-likeness (QED) is 0.694. The van der Waals surface area contributed by atoms with Crippen LogP contribution in [0.4, 0.5) is 17.1 Å². The third-order valence-electron chi connectivity index (χ3n) is 4.56. The second-order valence-corrected chi connectivity index (χ2v) is 8.75. The van der Waals surface area contributed by atoms with Crippen molar-refractivity contribution in [3.8, 4) is 0 Å². The Labute approximate surface area is 156 Å². The van der Waals surface area contributed by atoms with Crippen LogP contribution in [0.25, 0.3) is 0 Å². The van der Waals surface area contributed by atoms with Crippen molar-refractivity contribution in [2.24, 2.45) is 8.73 Å². The number of rotatable bonds is 4. The van der Waals surface area contributed by atoms with Gasteiger partial charge in [0.1, 0.15) is 16.3 Å². The number of hydrogen-bond acceptors (Lipinski definition) is 6. The van der Waals surface area contributed by atoms with E-state index >= 15 is 0 Å². The summed E-state index contributed by atoms with van der Waals surface area (Å²) >= 11 is 1.03. The van der Waals surface area contributed by atoms with Crippen LogP contribution in [0.3, 0.4) is 0 Å². The van der Waals surface area contributed by atoms with Gasteiger partial charge < -0.3 is 5.73 Å². The molecule has 0 amide bonds. The molecule has 7 nitrogen and oxygen atoms in total. The van der Waals surface area contributed by atoms with Crippen molar-refractivity contribution >= 4 is 38.4 Å². The van der Waals surface area contributed by atoms with Crippen LogP contribution in [0.15, 0.2) is 56.1 Å². The Morgan fingerprint density at radius 3 is 2.58 bits per heavy atom. The van der Waals surface area contributed by atoms with E-state index in [0.29, 0.717) is 37.6 Å². The standard InChI is InChI=1S/C17H19N5O2S2/c18-14-4-1-3-13(11-14)12-21-7-9-22(10-8-21)26(23,24)16-6-2-5-15-17(16)20-25-19-15/h1-6,11H,7-10,12,18H2. The average Bonchev–Trinajstić information content (AvgIpc) is 3.11. The van der Waals surface area contributed by atoms with Crippen LogP contribution in [0.5, 0.6) is 0 Å². The molecule has 2 aliphatic rings. The molecular formula is C17H19N5O2S2. The minimum absolute atomic E-state index is 0.244. The molecule has 1 saturated heterocycles. The topological polar surface area (TPSA) is 91.4 Å². The van der Waals surface area contributed by atoms with Gasteiger partial charge in [-0.2, -0.15) is 13.0 Å². The van der Waals surface area contributed by atoms with E-state index in [4.69, 9.17) is 5.73 Å². The van der Waals surface area contributed by atoms with Gasteiger partial charge in [0, 0.05) is 38.4 Å². The van der Waals surface area contributed by atoms with Crippen LogP contribution in [0.1, 0.15) is 5.56 Å². The molecule has 2 N–H and O–H groups in total. The summed E-state index contributed by atoms with van der Waals surface area (Å²) in [5, 5.41) is 0. The molecule has 0 saturated carbocycles. The number of sulfonamides is 1. The van der Waals surface area contributed by atoms with Gasteiger partial charge in [-0.3, -0.25) is 4.90 Å². The summed E-state index contributed by atoms with van der Waals surface area (Å²) in [6.45, 7) is 3.04. The molecule has 0 atom stereocenters. The Hall–Kier alpha value is -2.07. The van der Waals surface area contributed by atoms with Crippen molar-refractivity contribution < 1.29 is 8.42 Å². The maximum Gasteiger partial charge on any atom is 0.245 e. The average molecular weight is 390 g/mol. The largest absolute Gasteiger partial charge is 0.399 e. The van der Waals surface area contributed by atoms with Crippen molar-refractivity contribution in [2.45, 2.75) is 11.4 Å². The summed E-state index contributed by atoms with van der Waals surface area (Å²) in [5.41, 5.74) is 8.79. The molecule has 136 valence electrons. The Morgan fingerprint density at radius 1 is 1.04 bits per heavy atom. The fraction of sp³-hybridized carbons (Fsp3) is 0.294. The van der Waals surface area contributed by atoms with Gasteiger partial charge in [0.15, 0.2) is 0 Å². The predicted octanol–water partition coefficient (Wildman–Crippen LogP) is 2.50. The molecule has 2 heterocycles. The van der Waals surface area contributed by atoms with Crippen molar-refractivity contribution in [1.82, 2.24) is 9.21 Å². The molecule has 2 aromatic carbocycles. The van der Waals surface area contributed by atoms with Crippen LogP contribution in [0.2, 0.25) is 0 Å². The van der Waals surface area contributed by atoms with Crippen LogP contribution >= 0.6 is 0 Å². The zero-order valence-corrected chi connectivity index (χ0v) is 15.7. The van der Waals surface area contributed by atoms with E-state index in [1.807, 2.05) is 24.3 Å². The number of anilines is 1. The molecule has 2 aromatic rings. The Bertz CT molecular complexity index is 1010. The van der Waals surface area contributed by atoms with Gasteiger partial charge in [0.05, 0.1) is 11.4 Å². The summed E-state index contributed by atoms with van der Waals surface area (Å²) in [7, 11) is -3.57. The molecule has 0 radical (unpaired) electrons. The SMILES string of the molecule is Nc1cccc(CN2CCN(S(=O)(=O)c3cccc4c3N=S=N4)CC2)c1. The number of nitrogens with zero attached hydrogens (tertiary/aromatic N) is 4. The van der Waals surface area contributed by atoms with Crippen LogP contribution in [-0.2, 0) is 27.9 Å². The number of fused-ring (bicyclic) bond motifs is 1. The van der Waals surface area contributed by atoms with E-state index in [0.717, 1.165) is 29.2 Å². The number of nitrogen functional groups attached to an aromatic ring is 1. The number of benzene rings is 2. The number of nitrogens with two attached hydrogens (primary N) is 1. The maximum atomic E-state index is 13.0. The summed E-state index contributed by atoms with van der Waals surface area (Å²) in [6, 6.07) is 12.9. The van der Waals surface area contributed by atoms with E-state index in [2.05, 4.69) is 13.6 Å². The summed E-state index contributed by atoms with van der Waals surface area (Å²) < 4.78 is 35.9. The van der Waals surface area contributed by atoms with Crippen LogP contribution < -0.4 is 5.73 Å². The van der Waals surface area contributed by atoms with Gasteiger partial charge in [-0.05, 0) is 29.8 Å². The molecule has 0 aliphatic carbocycles. The first-order valence-corrected chi connectivity index (χ1v) is 10.5. The molecule has 1 fully saturated rings. The van der Waals surface area contributed by atoms with Crippen LogP contribution in [0, 0.1) is 0 Å². The highest BCUT2D eigenvalue weighted by molar-refractivity contribution is 7.89. The van der Waals surface area contributed by atoms with Gasteiger partial charge >= 0.3 is 0 Å². The van der Waals surface area contributed by atoms with Crippen molar-refractivity contribution in [2.75, 3.05) is 31.9 Å². The molecule has 2 aliphatic heterocycles. The summed E-state index contributed by atoms with van der Waals surface area (Å²) in [4.78, 5) is 2.49. The first kappa shape index (κ1) is 17.3. The molecular weight excluding hydrogens is 370 g/mol. The van der Waals surface area contributed by atoms with Crippen LogP contribution in [-0.4, -0.2) is 43.8 Å². The first-order chi connectivity index (χ1) is 12.5. The fourth-order valence-electron chi connectivity index (χ4n) is 3.21. The highest BCUT2D eigenvalue weighted by atomic mass is 32.2. The molecule has 0 spiro atoms. The monoisotopic (exact) mass is 389 g/mol. The lowest BCUT2D eigenvalue weighted by Gasteiger charge is -2.34. The smallest absolute Gasteiger partial charge is 0.245 e. The van der Waals surface area contributed by atoms with Gasteiger partial charge in [0.2, 0.25) is 10.0 Å². The Kier molecular flexibility index (Phi) is 4.62. The molecule has 0 unspecified atom stereocenters. The van der Waals surface area contributed by atoms with Gasteiger partial charge in [-0.1, -0.05) is 18.2 Å². The Balaban J connectivity index is 1.46. The van der Waals surface area contributed by atoms with Crippen molar-refractivity contribution in [1.29, 1.82) is 0 Å². The zero-order chi connectivity index (χ0) is 18.1. The fourth-order valence-corrected chi connectivity index (χ4v) is 5.38. The molecule has 9 heteroatoms. The third-order valence-corrected chi connectivity index (χ3v) is 7.03. The second-order valence-electron chi connectivity index (χ2n) is 6.31. The normalized spacial score (nSPS) is 17.8. The van der Waals surface area contributed by atoms with Gasteiger partial charge in [-0.15, -0.1) is 0 Å². The second kappa shape index (κ2) is 6.92. The molecule has 4 rings (SSSR count). The van der Waals surface area contributed by atoms with Crippen molar-refractivity contribution in [3.63, 3.8) is 0 Å². The number of piperazine rings is 1. The van der Waals surface area contributed by atoms with E-state index in [1.54, 1.807) is 18.2 Å². The number of hydrogen-bond donors (Lipinski definition) is 1. The summed E-state index contributed by atoms with van der Waals surface area (Å²) in [6.07, 6.45) is 0. The third kappa shape index (κ3) is 3.30. The Morgan fingerprint density at radius 2 is 1.81 bits per heavy atom. The summed E-state index contributed by atoms with van der Waals surface area (Å²) in [5.74, 6) is 0. The zero-order valence-electron chi connectivity index (χ0n) is 14.1. The highest BCUT2D eigenvalue weighted by Crippen LogP contribution is 2.38. The molecule has 26 heavy (non-hydrogen) atoms. The van der Waals surface area contributed by atoms with E-state index in [9.17, 15) is 8.42 Å². The predicted molar refractivity (Wildman–Crippen MR) is 103 cm³/mol. The minimum Gasteiger partial charge on any atom is -0.399 e. The maximum absolute atomic E-state index is 13.0.